The molecule has 1 aromatic rings. The number of allylic oxidation sites excluding steroid dienone is 4. The number of nitrogens with two attached hydrogens (primary N) is 1. The summed E-state index contributed by atoms with van der Waals surface area (Å²) in [5, 5.41) is 7.44. The van der Waals surface area contributed by atoms with Crippen molar-refractivity contribution < 1.29 is 14.3 Å². The van der Waals surface area contributed by atoms with E-state index in [1.54, 1.807) is 0 Å². The predicted octanol–water partition coefficient (Wildman–Crippen LogP) is 5.93. The van der Waals surface area contributed by atoms with E-state index in [0.717, 1.165) is 48.9 Å². The Bertz CT molecular complexity index is 1110. The molecule has 1 heterocycles. The molecule has 0 aromatic heterocycles. The van der Waals surface area contributed by atoms with Crippen molar-refractivity contribution in [2.45, 2.75) is 65.7 Å². The second-order valence-electron chi connectivity index (χ2n) is 8.98. The van der Waals surface area contributed by atoms with E-state index in [9.17, 15) is 9.59 Å². The number of esters is 1. The van der Waals surface area contributed by atoms with Gasteiger partial charge in [-0.05, 0) is 62.3 Å². The van der Waals surface area contributed by atoms with Crippen molar-refractivity contribution in [3.63, 3.8) is 0 Å². The Balaban J connectivity index is 1.86. The monoisotopic (exact) mass is 491 g/mol. The van der Waals surface area contributed by atoms with Crippen molar-refractivity contribution in [1.29, 1.82) is 0 Å². The van der Waals surface area contributed by atoms with Gasteiger partial charge in [-0.2, -0.15) is 0 Å². The van der Waals surface area contributed by atoms with E-state index in [-0.39, 0.29) is 18.3 Å². The summed E-state index contributed by atoms with van der Waals surface area (Å²) in [6, 6.07) is 6.11. The molecule has 0 radical (unpaired) electrons. The van der Waals surface area contributed by atoms with Crippen LogP contribution in [0.5, 0.6) is 0 Å². The molecule has 0 spiro atoms. The zero-order chi connectivity index (χ0) is 25.9. The van der Waals surface area contributed by atoms with Crippen LogP contribution in [0, 0.1) is 0 Å². The van der Waals surface area contributed by atoms with Crippen LogP contribution in [0.3, 0.4) is 0 Å². The number of ether oxygens (including phenoxy) is 1. The molecule has 0 bridgehead atoms. The van der Waals surface area contributed by atoms with Gasteiger partial charge in [-0.1, -0.05) is 48.9 Å². The number of rotatable bonds is 10. The molecule has 1 aromatic carbocycles. The van der Waals surface area contributed by atoms with Crippen LogP contribution in [0.4, 0.5) is 5.69 Å². The van der Waals surface area contributed by atoms with E-state index in [1.807, 2.05) is 30.0 Å². The van der Waals surface area contributed by atoms with Gasteiger partial charge in [0.2, 0.25) is 5.91 Å². The van der Waals surface area contributed by atoms with Crippen LogP contribution >= 0.6 is 0 Å². The molecule has 1 aliphatic carbocycles. The second-order valence-corrected chi connectivity index (χ2v) is 8.98. The molecule has 36 heavy (non-hydrogen) atoms. The number of hydrogen-bond donors (Lipinski definition) is 1. The standard InChI is InChI=1S/C28H37N5O3/c1-4-15-33(16-5-2)28(35)24-17-23-13-12-22(18-25(23)30-26(19-24)31-32-29)21-10-7-20(8-11-21)9-14-27(34)36-6-3/h7,10,12-13,17-18H,4-6,8-9,11,14-16,19H2,1-3H3,(H2,29,30,31). The first-order valence-corrected chi connectivity index (χ1v) is 12.9. The fourth-order valence-corrected chi connectivity index (χ4v) is 4.49. The molecule has 3 rings (SSSR count). The van der Waals surface area contributed by atoms with Gasteiger partial charge in [0, 0.05) is 37.1 Å². The van der Waals surface area contributed by atoms with Gasteiger partial charge in [0.25, 0.3) is 0 Å². The highest BCUT2D eigenvalue weighted by atomic mass is 16.5. The summed E-state index contributed by atoms with van der Waals surface area (Å²) in [6.45, 7) is 7.80. The Labute approximate surface area is 213 Å². The van der Waals surface area contributed by atoms with Crippen LogP contribution in [0.1, 0.15) is 76.8 Å². The molecule has 0 atom stereocenters. The molecule has 1 amide bonds. The molecule has 0 saturated carbocycles. The van der Waals surface area contributed by atoms with Gasteiger partial charge in [-0.3, -0.25) is 9.59 Å². The van der Waals surface area contributed by atoms with Gasteiger partial charge in [0.05, 0.1) is 12.3 Å². The van der Waals surface area contributed by atoms with Crippen LogP contribution in [0.15, 0.2) is 56.8 Å². The normalized spacial score (nSPS) is 15.3. The summed E-state index contributed by atoms with van der Waals surface area (Å²) in [6.07, 6.45) is 11.1. The molecule has 8 nitrogen and oxygen atoms in total. The summed E-state index contributed by atoms with van der Waals surface area (Å²) < 4.78 is 5.03. The Morgan fingerprint density at radius 2 is 1.89 bits per heavy atom. The van der Waals surface area contributed by atoms with Crippen LogP contribution < -0.4 is 5.84 Å². The molecule has 0 saturated heterocycles. The highest BCUT2D eigenvalue weighted by Gasteiger charge is 2.22. The Morgan fingerprint density at radius 3 is 2.53 bits per heavy atom. The third-order valence-electron chi connectivity index (χ3n) is 6.24. The number of carbonyl (C=O) groups is 2. The summed E-state index contributed by atoms with van der Waals surface area (Å²) in [4.78, 5) is 31.6. The number of fused-ring (bicyclic) bond motifs is 1. The molecule has 2 aliphatic rings. The van der Waals surface area contributed by atoms with Crippen LogP contribution in [0.2, 0.25) is 0 Å². The third kappa shape index (κ3) is 7.23. The smallest absolute Gasteiger partial charge is 0.306 e. The minimum atomic E-state index is -0.152. The van der Waals surface area contributed by atoms with E-state index in [0.29, 0.717) is 37.5 Å². The predicted molar refractivity (Wildman–Crippen MR) is 143 cm³/mol. The molecular formula is C28H37N5O3. The number of amides is 1. The minimum absolute atomic E-state index is 0.00558. The second kappa shape index (κ2) is 13.5. The summed E-state index contributed by atoms with van der Waals surface area (Å²) in [5.74, 6) is 5.61. The number of benzene rings is 1. The molecule has 1 aliphatic heterocycles. The lowest BCUT2D eigenvalue weighted by Gasteiger charge is -2.22. The Morgan fingerprint density at radius 1 is 1.11 bits per heavy atom. The average Bonchev–Trinajstić information content (AvgIpc) is 3.06. The van der Waals surface area contributed by atoms with E-state index in [2.05, 4.69) is 42.4 Å². The number of aliphatic imine (C=N–C) groups is 1. The van der Waals surface area contributed by atoms with E-state index >= 15 is 0 Å². The minimum Gasteiger partial charge on any atom is -0.466 e. The maximum absolute atomic E-state index is 13.3. The van der Waals surface area contributed by atoms with Crippen molar-refractivity contribution in [3.05, 3.63) is 52.6 Å². The van der Waals surface area contributed by atoms with Crippen LogP contribution in [-0.4, -0.2) is 42.3 Å². The molecule has 192 valence electrons. The van der Waals surface area contributed by atoms with Gasteiger partial charge >= 0.3 is 5.97 Å². The first kappa shape index (κ1) is 27.0. The lowest BCUT2D eigenvalue weighted by Crippen LogP contribution is -2.34. The van der Waals surface area contributed by atoms with Gasteiger partial charge in [0.15, 0.2) is 5.84 Å². The average molecular weight is 492 g/mol. The zero-order valence-corrected chi connectivity index (χ0v) is 21.6. The fourth-order valence-electron chi connectivity index (χ4n) is 4.49. The third-order valence-corrected chi connectivity index (χ3v) is 6.24. The van der Waals surface area contributed by atoms with Crippen molar-refractivity contribution in [3.8, 4) is 0 Å². The Kier molecular flexibility index (Phi) is 10.2. The molecule has 0 fully saturated rings. The summed E-state index contributed by atoms with van der Waals surface area (Å²) in [5.41, 5.74) is 5.79. The highest BCUT2D eigenvalue weighted by Crippen LogP contribution is 2.34. The van der Waals surface area contributed by atoms with Gasteiger partial charge in [-0.25, -0.2) is 4.99 Å². The van der Waals surface area contributed by atoms with Crippen molar-refractivity contribution in [2.24, 2.45) is 21.2 Å². The van der Waals surface area contributed by atoms with Crippen LogP contribution in [0.25, 0.3) is 11.6 Å². The topological polar surface area (TPSA) is 110 Å². The number of amidine groups is 1. The van der Waals surface area contributed by atoms with Crippen molar-refractivity contribution >= 4 is 35.0 Å². The summed E-state index contributed by atoms with van der Waals surface area (Å²) >= 11 is 0. The first-order chi connectivity index (χ1) is 17.5. The largest absolute Gasteiger partial charge is 0.466 e. The van der Waals surface area contributed by atoms with Gasteiger partial charge in [0.1, 0.15) is 0 Å². The number of nitrogens with zero attached hydrogens (tertiary/aromatic N) is 4. The highest BCUT2D eigenvalue weighted by molar-refractivity contribution is 6.06. The lowest BCUT2D eigenvalue weighted by atomic mass is 9.90. The number of carbonyl (C=O) groups excluding carboxylic acids is 2. The van der Waals surface area contributed by atoms with Crippen molar-refractivity contribution in [2.75, 3.05) is 19.7 Å². The maximum atomic E-state index is 13.3. The van der Waals surface area contributed by atoms with Gasteiger partial charge < -0.3 is 15.5 Å². The molecule has 8 heteroatoms. The van der Waals surface area contributed by atoms with Gasteiger partial charge in [-0.15, -0.1) is 5.11 Å². The van der Waals surface area contributed by atoms with Crippen LogP contribution in [-0.2, 0) is 14.3 Å². The maximum Gasteiger partial charge on any atom is 0.306 e. The SMILES string of the molecule is CCCN(CCC)C(=O)C1=Cc2ccc(C3=CC=C(CCC(=O)OCC)CC3)cc2N=C(N=NN)C1. The van der Waals surface area contributed by atoms with E-state index in [1.165, 1.54) is 11.1 Å². The fraction of sp³-hybridized carbons (Fsp3) is 0.464. The first-order valence-electron chi connectivity index (χ1n) is 12.9. The van der Waals surface area contributed by atoms with E-state index in [4.69, 9.17) is 15.6 Å². The Hall–Kier alpha value is -3.55. The zero-order valence-electron chi connectivity index (χ0n) is 21.6. The lowest BCUT2D eigenvalue weighted by molar-refractivity contribution is -0.143. The molecule has 0 unspecified atom stereocenters. The molecule has 2 N–H and O–H groups in total. The number of hydrogen-bond acceptors (Lipinski definition) is 6. The van der Waals surface area contributed by atoms with E-state index < -0.39 is 0 Å². The molecular weight excluding hydrogens is 454 g/mol. The summed E-state index contributed by atoms with van der Waals surface area (Å²) in [7, 11) is 0. The quantitative estimate of drug-likeness (QED) is 0.189. The van der Waals surface area contributed by atoms with Crippen molar-refractivity contribution in [1.82, 2.24) is 4.90 Å².